The zero-order valence-electron chi connectivity index (χ0n) is 23.6. The Morgan fingerprint density at radius 1 is 1.15 bits per heavy atom. The van der Waals surface area contributed by atoms with Crippen molar-refractivity contribution in [2.75, 3.05) is 13.1 Å². The summed E-state index contributed by atoms with van der Waals surface area (Å²) in [5, 5.41) is 21.2. The lowest BCUT2D eigenvalue weighted by Crippen LogP contribution is -2.61. The van der Waals surface area contributed by atoms with Crippen molar-refractivity contribution >= 4 is 29.7 Å². The summed E-state index contributed by atoms with van der Waals surface area (Å²) in [5.41, 5.74) is 4.61. The molecule has 0 aromatic heterocycles. The highest BCUT2D eigenvalue weighted by Gasteiger charge is 2.69. The first-order valence-electron chi connectivity index (χ1n) is 13.6. The lowest BCUT2D eigenvalue weighted by Gasteiger charge is -2.36. The van der Waals surface area contributed by atoms with Crippen LogP contribution in [0.1, 0.15) is 60.3 Å². The lowest BCUT2D eigenvalue weighted by molar-refractivity contribution is -0.143. The maximum absolute atomic E-state index is 13.8. The van der Waals surface area contributed by atoms with Gasteiger partial charge in [0.15, 0.2) is 6.10 Å². The summed E-state index contributed by atoms with van der Waals surface area (Å²) in [6.07, 6.45) is 2.88. The van der Waals surface area contributed by atoms with Gasteiger partial charge in [-0.3, -0.25) is 19.2 Å². The minimum Gasteiger partial charge on any atom is -0.381 e. The Bertz CT molecular complexity index is 1000. The standard InChI is InChI=1S/C27H44N6O6/c1-7-18(34)29-12-17(31-25(39)32-26(2,3)4)24(38)33-13-15-19(27(15,5)6)20(33)23(37)30-16(21(35)22(28)36)11-14-9-8-10-14/h7,14-17,19-21,35H,1,8-13H2,2-6H3,(H2,28,36)(H,29,34)(H,30,37)(H2,31,32,39)/t15-,16?,17-,19?,20-,21?/m0/s1. The third-order valence-electron chi connectivity index (χ3n) is 8.33. The number of amides is 6. The van der Waals surface area contributed by atoms with E-state index in [0.717, 1.165) is 25.3 Å². The van der Waals surface area contributed by atoms with Gasteiger partial charge in [0.05, 0.1) is 6.04 Å². The molecule has 1 aliphatic heterocycles. The first-order valence-corrected chi connectivity index (χ1v) is 13.6. The van der Waals surface area contributed by atoms with Gasteiger partial charge in [-0.2, -0.15) is 0 Å². The second-order valence-electron chi connectivity index (χ2n) is 12.7. The summed E-state index contributed by atoms with van der Waals surface area (Å²) >= 11 is 0. The van der Waals surface area contributed by atoms with Crippen LogP contribution < -0.4 is 27.0 Å². The van der Waals surface area contributed by atoms with Crippen LogP contribution in [0.4, 0.5) is 4.79 Å². The number of likely N-dealkylation sites (tertiary alicyclic amines) is 1. The van der Waals surface area contributed by atoms with Crippen molar-refractivity contribution in [3.63, 3.8) is 0 Å². The Labute approximate surface area is 229 Å². The molecule has 0 spiro atoms. The predicted molar refractivity (Wildman–Crippen MR) is 144 cm³/mol. The Kier molecular flexibility index (Phi) is 8.99. The number of hydrogen-bond donors (Lipinski definition) is 6. The van der Waals surface area contributed by atoms with E-state index in [1.807, 2.05) is 13.8 Å². The number of fused-ring (bicyclic) bond motifs is 1. The molecule has 12 nitrogen and oxygen atoms in total. The van der Waals surface area contributed by atoms with Gasteiger partial charge in [-0.25, -0.2) is 4.79 Å². The number of nitrogens with zero attached hydrogens (tertiary/aromatic N) is 1. The molecule has 1 heterocycles. The highest BCUT2D eigenvalue weighted by molar-refractivity contribution is 5.94. The van der Waals surface area contributed by atoms with E-state index in [1.165, 1.54) is 4.90 Å². The fourth-order valence-electron chi connectivity index (χ4n) is 5.84. The summed E-state index contributed by atoms with van der Waals surface area (Å²) in [4.78, 5) is 65.2. The number of hydrogen-bond acceptors (Lipinski definition) is 6. The SMILES string of the molecule is C=CC(=O)NC[C@H](NC(=O)NC(C)(C)C)C(=O)N1C[C@H]2C([C@H]1C(=O)NC(CC1CCC1)C(O)C(N)=O)C2(C)C. The van der Waals surface area contributed by atoms with Gasteiger partial charge < -0.3 is 37.0 Å². The molecule has 3 fully saturated rings. The maximum atomic E-state index is 13.8. The largest absolute Gasteiger partial charge is 0.381 e. The van der Waals surface area contributed by atoms with Crippen molar-refractivity contribution in [2.24, 2.45) is 28.9 Å². The average molecular weight is 549 g/mol. The van der Waals surface area contributed by atoms with Gasteiger partial charge in [0.2, 0.25) is 23.6 Å². The van der Waals surface area contributed by atoms with Gasteiger partial charge in [0.1, 0.15) is 12.1 Å². The highest BCUT2D eigenvalue weighted by atomic mass is 16.3. The van der Waals surface area contributed by atoms with Crippen LogP contribution >= 0.6 is 0 Å². The van der Waals surface area contributed by atoms with Crippen molar-refractivity contribution in [3.8, 4) is 0 Å². The molecule has 0 aromatic carbocycles. The van der Waals surface area contributed by atoms with E-state index in [-0.39, 0.29) is 29.7 Å². The molecular weight excluding hydrogens is 504 g/mol. The molecule has 3 rings (SSSR count). The number of piperidine rings is 1. The van der Waals surface area contributed by atoms with Crippen LogP contribution in [-0.4, -0.2) is 82.5 Å². The number of primary amides is 1. The van der Waals surface area contributed by atoms with Crippen LogP contribution in [0.5, 0.6) is 0 Å². The second kappa shape index (κ2) is 11.5. The monoisotopic (exact) mass is 548 g/mol. The minimum absolute atomic E-state index is 0.0650. The molecule has 0 radical (unpaired) electrons. The van der Waals surface area contributed by atoms with Crippen molar-refractivity contribution in [1.29, 1.82) is 0 Å². The molecule has 7 N–H and O–H groups in total. The van der Waals surface area contributed by atoms with E-state index in [2.05, 4.69) is 27.8 Å². The molecule has 3 unspecified atom stereocenters. The van der Waals surface area contributed by atoms with Crippen molar-refractivity contribution in [2.45, 2.75) is 90.1 Å². The maximum Gasteiger partial charge on any atom is 0.315 e. The van der Waals surface area contributed by atoms with Gasteiger partial charge in [-0.1, -0.05) is 39.7 Å². The van der Waals surface area contributed by atoms with Crippen molar-refractivity contribution in [1.82, 2.24) is 26.2 Å². The lowest BCUT2D eigenvalue weighted by atomic mass is 9.79. The van der Waals surface area contributed by atoms with Crippen molar-refractivity contribution < 1.29 is 29.1 Å². The zero-order valence-corrected chi connectivity index (χ0v) is 23.6. The van der Waals surface area contributed by atoms with Crippen LogP contribution in [0, 0.1) is 23.2 Å². The number of nitrogens with one attached hydrogen (secondary N) is 4. The number of nitrogens with two attached hydrogens (primary N) is 1. The molecular formula is C27H44N6O6. The molecule has 218 valence electrons. The second-order valence-corrected chi connectivity index (χ2v) is 12.7. The Balaban J connectivity index is 1.82. The number of carbonyl (C=O) groups is 5. The summed E-state index contributed by atoms with van der Waals surface area (Å²) in [5.74, 6) is -2.21. The molecule has 2 saturated carbocycles. The summed E-state index contributed by atoms with van der Waals surface area (Å²) < 4.78 is 0. The van der Waals surface area contributed by atoms with Crippen molar-refractivity contribution in [3.05, 3.63) is 12.7 Å². The topological polar surface area (TPSA) is 183 Å². The Hall–Kier alpha value is -3.15. The van der Waals surface area contributed by atoms with Crippen LogP contribution in [0.15, 0.2) is 12.7 Å². The van der Waals surface area contributed by atoms with Gasteiger partial charge in [0.25, 0.3) is 0 Å². The molecule has 6 atom stereocenters. The molecule has 12 heteroatoms. The van der Waals surface area contributed by atoms with Crippen LogP contribution in [0.2, 0.25) is 0 Å². The van der Waals surface area contributed by atoms with Gasteiger partial charge in [0, 0.05) is 18.6 Å². The van der Waals surface area contributed by atoms with E-state index in [1.54, 1.807) is 20.8 Å². The zero-order chi connectivity index (χ0) is 29.3. The fourth-order valence-corrected chi connectivity index (χ4v) is 5.84. The normalized spacial score (nSPS) is 25.7. The Morgan fingerprint density at radius 3 is 2.31 bits per heavy atom. The van der Waals surface area contributed by atoms with E-state index in [4.69, 9.17) is 5.73 Å². The first-order chi connectivity index (χ1) is 18.1. The van der Waals surface area contributed by atoms with E-state index < -0.39 is 59.4 Å². The van der Waals surface area contributed by atoms with Gasteiger partial charge >= 0.3 is 6.03 Å². The van der Waals surface area contributed by atoms with Gasteiger partial charge in [-0.05, 0) is 56.4 Å². The molecule has 3 aliphatic rings. The van der Waals surface area contributed by atoms with E-state index in [9.17, 15) is 29.1 Å². The number of rotatable bonds is 11. The Morgan fingerprint density at radius 2 is 1.79 bits per heavy atom. The fraction of sp³-hybridized carbons (Fsp3) is 0.741. The number of aliphatic hydroxyl groups is 1. The average Bonchev–Trinajstić information content (AvgIpc) is 3.14. The number of aliphatic hydroxyl groups excluding tert-OH is 1. The smallest absolute Gasteiger partial charge is 0.315 e. The third-order valence-corrected chi connectivity index (χ3v) is 8.33. The quantitative estimate of drug-likeness (QED) is 0.194. The number of carbonyl (C=O) groups excluding carboxylic acids is 5. The number of urea groups is 1. The molecule has 2 aliphatic carbocycles. The summed E-state index contributed by atoms with van der Waals surface area (Å²) in [7, 11) is 0. The molecule has 0 aromatic rings. The first kappa shape index (κ1) is 30.4. The van der Waals surface area contributed by atoms with Crippen LogP contribution in [-0.2, 0) is 19.2 Å². The third kappa shape index (κ3) is 7.09. The van der Waals surface area contributed by atoms with E-state index >= 15 is 0 Å². The van der Waals surface area contributed by atoms with Gasteiger partial charge in [-0.15, -0.1) is 0 Å². The molecule has 39 heavy (non-hydrogen) atoms. The summed E-state index contributed by atoms with van der Waals surface area (Å²) in [6, 6.07) is -3.47. The van der Waals surface area contributed by atoms with E-state index in [0.29, 0.717) is 13.0 Å². The highest BCUT2D eigenvalue weighted by Crippen LogP contribution is 2.64. The molecule has 6 amide bonds. The molecule has 1 saturated heterocycles. The van der Waals surface area contributed by atoms with Crippen LogP contribution in [0.3, 0.4) is 0 Å². The predicted octanol–water partition coefficient (Wildman–Crippen LogP) is -0.241. The summed E-state index contributed by atoms with van der Waals surface area (Å²) in [6.45, 7) is 13.0. The molecule has 0 bridgehead atoms. The van der Waals surface area contributed by atoms with Crippen LogP contribution in [0.25, 0.3) is 0 Å². The minimum atomic E-state index is -1.55.